The molecule has 5 rings (SSSR count). The molecule has 2 aliphatic rings. The van der Waals surface area contributed by atoms with Gasteiger partial charge in [-0.15, -0.1) is 0 Å². The number of halogens is 1. The van der Waals surface area contributed by atoms with Gasteiger partial charge in [0.1, 0.15) is 11.3 Å². The van der Waals surface area contributed by atoms with E-state index in [4.69, 9.17) is 21.1 Å². The molecule has 0 fully saturated rings. The average molecular weight is 633 g/mol. The maximum Gasteiger partial charge on any atom is 0.329 e. The third-order valence-electron chi connectivity index (χ3n) is 10.2. The van der Waals surface area contributed by atoms with Crippen molar-refractivity contribution in [2.24, 2.45) is 11.8 Å². The zero-order chi connectivity index (χ0) is 32.2. The third-order valence-corrected chi connectivity index (χ3v) is 10.4. The highest BCUT2D eigenvalue weighted by Crippen LogP contribution is 2.38. The van der Waals surface area contributed by atoms with E-state index >= 15 is 0 Å². The van der Waals surface area contributed by atoms with Gasteiger partial charge in [0, 0.05) is 35.3 Å². The number of aryl methyl sites for hydroxylation is 2. The Morgan fingerprint density at radius 3 is 2.71 bits per heavy atom. The lowest BCUT2D eigenvalue weighted by Gasteiger charge is -2.33. The number of benzene rings is 2. The molecule has 0 bridgehead atoms. The molecule has 3 aromatic rings. The number of carbonyl (C=O) groups is 1. The Hall–Kier alpha value is -3.09. The Bertz CT molecular complexity index is 1490. The van der Waals surface area contributed by atoms with Gasteiger partial charge in [-0.2, -0.15) is 0 Å². The number of aromatic nitrogens is 1. The van der Waals surface area contributed by atoms with Gasteiger partial charge in [-0.05, 0) is 130 Å². The molecule has 0 radical (unpaired) electrons. The van der Waals surface area contributed by atoms with Crippen molar-refractivity contribution in [3.63, 3.8) is 0 Å². The van der Waals surface area contributed by atoms with E-state index in [1.807, 2.05) is 30.5 Å². The Morgan fingerprint density at radius 2 is 1.96 bits per heavy atom. The van der Waals surface area contributed by atoms with Crippen LogP contribution >= 0.6 is 11.6 Å². The van der Waals surface area contributed by atoms with Crippen LogP contribution in [0.5, 0.6) is 5.75 Å². The molecule has 0 saturated carbocycles. The van der Waals surface area contributed by atoms with Crippen LogP contribution in [0.25, 0.3) is 0 Å². The normalized spacial score (nSPS) is 22.6. The van der Waals surface area contributed by atoms with Gasteiger partial charge in [0.15, 0.2) is 0 Å². The Kier molecular flexibility index (Phi) is 10.4. The predicted molar refractivity (Wildman–Crippen MR) is 182 cm³/mol. The number of carboxylic acids is 1. The number of carboxylic acid groups (broad SMARTS) is 1. The lowest BCUT2D eigenvalue weighted by atomic mass is 9.82. The molecule has 242 valence electrons. The summed E-state index contributed by atoms with van der Waals surface area (Å²) < 4.78 is 12.3. The first kappa shape index (κ1) is 33.3. The number of methoxy groups -OCH3 is 1. The van der Waals surface area contributed by atoms with E-state index in [0.717, 1.165) is 42.7 Å². The molecule has 0 unspecified atom stereocenters. The molecular weight excluding hydrogens is 584 g/mol. The standard InChI is InChI=1S/C38H49ClN2O4/c1-25(24-45-34-16-19-40-33-11-6-8-26(2)35(33)34)20-27-14-17-38(36(42)43,41-32-10-7-9-31(39)23-32)18-15-29-22-30(37(3,4)44-5)13-12-28(29)21-27/h7,9-10,12-13,16,19,22-23,25-27,41H,6,8,11,14-15,17-18,20-21,24H2,1-5H3,(H,42,43)/t25-,26-,27+,38+/m1/s1. The topological polar surface area (TPSA) is 80.7 Å². The summed E-state index contributed by atoms with van der Waals surface area (Å²) in [7, 11) is 1.73. The number of aliphatic carboxylic acids is 1. The van der Waals surface area contributed by atoms with Gasteiger partial charge in [-0.3, -0.25) is 4.98 Å². The smallest absolute Gasteiger partial charge is 0.329 e. The van der Waals surface area contributed by atoms with E-state index in [9.17, 15) is 9.90 Å². The second-order valence-corrected chi connectivity index (χ2v) is 14.4. The molecule has 1 heterocycles. The number of pyridine rings is 1. The molecule has 0 aliphatic heterocycles. The fraction of sp³-hybridized carbons (Fsp3) is 0.526. The van der Waals surface area contributed by atoms with E-state index in [2.05, 4.69) is 56.2 Å². The van der Waals surface area contributed by atoms with E-state index in [1.54, 1.807) is 13.2 Å². The lowest BCUT2D eigenvalue weighted by Crippen LogP contribution is -2.47. The van der Waals surface area contributed by atoms with Crippen LogP contribution in [0.4, 0.5) is 5.69 Å². The minimum absolute atomic E-state index is 0.298. The Morgan fingerprint density at radius 1 is 1.13 bits per heavy atom. The number of fused-ring (bicyclic) bond motifs is 2. The fourth-order valence-corrected chi connectivity index (χ4v) is 7.45. The summed E-state index contributed by atoms with van der Waals surface area (Å²) in [5.74, 6) is 1.21. The van der Waals surface area contributed by atoms with E-state index in [1.165, 1.54) is 35.2 Å². The summed E-state index contributed by atoms with van der Waals surface area (Å²) in [5, 5.41) is 14.8. The van der Waals surface area contributed by atoms with Crippen LogP contribution in [0.3, 0.4) is 0 Å². The number of anilines is 1. The molecule has 0 spiro atoms. The van der Waals surface area contributed by atoms with E-state index in [0.29, 0.717) is 48.6 Å². The van der Waals surface area contributed by atoms with Gasteiger partial charge >= 0.3 is 5.97 Å². The zero-order valence-electron chi connectivity index (χ0n) is 27.5. The summed E-state index contributed by atoms with van der Waals surface area (Å²) >= 11 is 6.30. The van der Waals surface area contributed by atoms with Gasteiger partial charge in [0.25, 0.3) is 0 Å². The highest BCUT2D eigenvalue weighted by Gasteiger charge is 2.40. The minimum atomic E-state index is -1.12. The number of ether oxygens (including phenoxy) is 2. The summed E-state index contributed by atoms with van der Waals surface area (Å²) in [6.45, 7) is 9.28. The second kappa shape index (κ2) is 14.1. The Labute approximate surface area is 273 Å². The van der Waals surface area contributed by atoms with Crippen molar-refractivity contribution >= 4 is 23.3 Å². The van der Waals surface area contributed by atoms with Gasteiger partial charge in [-0.1, -0.05) is 49.7 Å². The van der Waals surface area contributed by atoms with E-state index < -0.39 is 17.1 Å². The monoisotopic (exact) mass is 632 g/mol. The van der Waals surface area contributed by atoms with Crippen LogP contribution in [0, 0.1) is 11.8 Å². The second-order valence-electron chi connectivity index (χ2n) is 13.9. The van der Waals surface area contributed by atoms with Crippen LogP contribution in [0.1, 0.15) is 100 Å². The Balaban J connectivity index is 1.40. The number of nitrogens with one attached hydrogen (secondary N) is 1. The minimum Gasteiger partial charge on any atom is -0.493 e. The summed E-state index contributed by atoms with van der Waals surface area (Å²) in [4.78, 5) is 17.8. The quantitative estimate of drug-likeness (QED) is 0.232. The summed E-state index contributed by atoms with van der Waals surface area (Å²) in [5.41, 5.74) is 5.22. The molecule has 0 amide bonds. The number of nitrogens with zero attached hydrogens (tertiary/aromatic N) is 1. The molecular formula is C38H49ClN2O4. The maximum absolute atomic E-state index is 13.1. The molecule has 2 aromatic carbocycles. The van der Waals surface area contributed by atoms with Crippen molar-refractivity contribution in [2.45, 2.75) is 103 Å². The van der Waals surface area contributed by atoms with Gasteiger partial charge < -0.3 is 19.9 Å². The van der Waals surface area contributed by atoms with Crippen molar-refractivity contribution in [2.75, 3.05) is 19.0 Å². The third kappa shape index (κ3) is 7.84. The van der Waals surface area contributed by atoms with Crippen LogP contribution in [-0.4, -0.2) is 35.3 Å². The summed E-state index contributed by atoms with van der Waals surface area (Å²) in [6.07, 6.45) is 9.53. The number of hydrogen-bond donors (Lipinski definition) is 2. The maximum atomic E-state index is 13.1. The average Bonchev–Trinajstić information content (AvgIpc) is 3.08. The molecule has 2 aliphatic carbocycles. The van der Waals surface area contributed by atoms with Crippen molar-refractivity contribution < 1.29 is 19.4 Å². The molecule has 4 atom stereocenters. The first-order valence-electron chi connectivity index (χ1n) is 16.5. The molecule has 45 heavy (non-hydrogen) atoms. The van der Waals surface area contributed by atoms with Crippen molar-refractivity contribution in [1.82, 2.24) is 4.98 Å². The molecule has 6 nitrogen and oxygen atoms in total. The fourth-order valence-electron chi connectivity index (χ4n) is 7.26. The lowest BCUT2D eigenvalue weighted by molar-refractivity contribution is -0.143. The van der Waals surface area contributed by atoms with Crippen LogP contribution in [0.2, 0.25) is 5.02 Å². The molecule has 7 heteroatoms. The first-order chi connectivity index (χ1) is 21.5. The number of hydrogen-bond acceptors (Lipinski definition) is 5. The first-order valence-corrected chi connectivity index (χ1v) is 16.9. The van der Waals surface area contributed by atoms with Gasteiger partial charge in [0.2, 0.25) is 0 Å². The number of rotatable bonds is 10. The van der Waals surface area contributed by atoms with Crippen molar-refractivity contribution in [1.29, 1.82) is 0 Å². The van der Waals surface area contributed by atoms with Crippen LogP contribution in [0.15, 0.2) is 54.7 Å². The molecule has 1 aromatic heterocycles. The van der Waals surface area contributed by atoms with Gasteiger partial charge in [-0.25, -0.2) is 4.79 Å². The molecule has 2 N–H and O–H groups in total. The highest BCUT2D eigenvalue weighted by molar-refractivity contribution is 6.30. The largest absolute Gasteiger partial charge is 0.493 e. The van der Waals surface area contributed by atoms with Crippen molar-refractivity contribution in [3.05, 3.63) is 87.7 Å². The summed E-state index contributed by atoms with van der Waals surface area (Å²) in [6, 6.07) is 16.0. The van der Waals surface area contributed by atoms with Crippen molar-refractivity contribution in [3.8, 4) is 5.75 Å². The predicted octanol–water partition coefficient (Wildman–Crippen LogP) is 8.98. The molecule has 0 saturated heterocycles. The van der Waals surface area contributed by atoms with E-state index in [-0.39, 0.29) is 0 Å². The SMILES string of the molecule is COC(C)(C)c1ccc2c(c1)CC[C@](Nc1cccc(Cl)c1)(C(=O)O)CC[C@@H](C[C@@H](C)COc1ccnc3c1[C@H](C)CCC3)C2. The van der Waals surface area contributed by atoms with Gasteiger partial charge in [0.05, 0.1) is 12.2 Å². The van der Waals surface area contributed by atoms with Crippen LogP contribution < -0.4 is 10.1 Å². The highest BCUT2D eigenvalue weighted by atomic mass is 35.5. The van der Waals surface area contributed by atoms with Crippen LogP contribution in [-0.2, 0) is 34.4 Å². The zero-order valence-corrected chi connectivity index (χ0v) is 28.3.